The fourth-order valence-electron chi connectivity index (χ4n) is 3.03. The molecule has 0 fully saturated rings. The molecule has 1 aromatic heterocycles. The molecule has 0 radical (unpaired) electrons. The maximum absolute atomic E-state index is 12.8. The summed E-state index contributed by atoms with van der Waals surface area (Å²) in [5.41, 5.74) is 5.11. The molecule has 144 valence electrons. The van der Waals surface area contributed by atoms with Crippen LogP contribution < -0.4 is 15.4 Å². The zero-order chi connectivity index (χ0) is 20.1. The van der Waals surface area contributed by atoms with Gasteiger partial charge in [-0.15, -0.1) is 0 Å². The lowest BCUT2D eigenvalue weighted by Crippen LogP contribution is -2.15. The van der Waals surface area contributed by atoms with Crippen molar-refractivity contribution in [3.8, 4) is 5.75 Å². The Morgan fingerprint density at radius 1 is 1.04 bits per heavy atom. The summed E-state index contributed by atoms with van der Waals surface area (Å²) in [4.78, 5) is 17.1. The van der Waals surface area contributed by atoms with Crippen LogP contribution >= 0.6 is 0 Å². The van der Waals surface area contributed by atoms with E-state index < -0.39 is 0 Å². The summed E-state index contributed by atoms with van der Waals surface area (Å²) in [7, 11) is 1.63. The van der Waals surface area contributed by atoms with E-state index in [1.54, 1.807) is 25.6 Å². The van der Waals surface area contributed by atoms with Gasteiger partial charge in [0.1, 0.15) is 5.75 Å². The fraction of sp³-hybridized carbons (Fsp3) is 0.217. The van der Waals surface area contributed by atoms with Crippen LogP contribution in [0.4, 0.5) is 17.1 Å². The molecule has 0 bridgehead atoms. The first kappa shape index (κ1) is 19.4. The van der Waals surface area contributed by atoms with E-state index in [0.717, 1.165) is 33.9 Å². The molecule has 28 heavy (non-hydrogen) atoms. The lowest BCUT2D eigenvalue weighted by Gasteiger charge is -2.16. The van der Waals surface area contributed by atoms with Crippen LogP contribution in [0.5, 0.6) is 5.75 Å². The Morgan fingerprint density at radius 2 is 1.82 bits per heavy atom. The highest BCUT2D eigenvalue weighted by molar-refractivity contribution is 6.05. The number of hydrogen-bond acceptors (Lipinski definition) is 4. The first-order valence-corrected chi connectivity index (χ1v) is 9.25. The van der Waals surface area contributed by atoms with Gasteiger partial charge in [-0.3, -0.25) is 9.78 Å². The molecule has 5 heteroatoms. The zero-order valence-corrected chi connectivity index (χ0v) is 16.6. The normalized spacial score (nSPS) is 10.6. The standard InChI is InChI=1S/C23H25N3O2/c1-15(2)21-10-5-7-16(3)22(21)26-23(27)17-11-19(14-24-13-17)25-18-8-6-9-20(12-18)28-4/h5-15,25H,1-4H3,(H,26,27). The molecule has 3 aromatic rings. The molecule has 2 N–H and O–H groups in total. The Hall–Kier alpha value is -3.34. The molecule has 0 unspecified atom stereocenters. The molecule has 1 heterocycles. The highest BCUT2D eigenvalue weighted by Gasteiger charge is 2.14. The number of anilines is 3. The molecular weight excluding hydrogens is 350 g/mol. The van der Waals surface area contributed by atoms with Crippen molar-refractivity contribution in [2.75, 3.05) is 17.7 Å². The first-order chi connectivity index (χ1) is 13.5. The van der Waals surface area contributed by atoms with E-state index in [1.807, 2.05) is 49.4 Å². The van der Waals surface area contributed by atoms with Gasteiger partial charge in [0.05, 0.1) is 24.6 Å². The molecule has 0 saturated carbocycles. The maximum atomic E-state index is 12.8. The van der Waals surface area contributed by atoms with Gasteiger partial charge in [-0.25, -0.2) is 0 Å². The van der Waals surface area contributed by atoms with Gasteiger partial charge in [0, 0.05) is 23.6 Å². The summed E-state index contributed by atoms with van der Waals surface area (Å²) in [5, 5.41) is 6.32. The Balaban J connectivity index is 1.81. The van der Waals surface area contributed by atoms with Crippen LogP contribution in [0.25, 0.3) is 0 Å². The summed E-state index contributed by atoms with van der Waals surface area (Å²) >= 11 is 0. The number of pyridine rings is 1. The van der Waals surface area contributed by atoms with Crippen molar-refractivity contribution in [3.63, 3.8) is 0 Å². The molecule has 3 rings (SSSR count). The van der Waals surface area contributed by atoms with E-state index in [-0.39, 0.29) is 5.91 Å². The van der Waals surface area contributed by atoms with Crippen LogP contribution in [-0.4, -0.2) is 18.0 Å². The molecule has 0 spiro atoms. The summed E-state index contributed by atoms with van der Waals surface area (Å²) < 4.78 is 5.24. The number of carbonyl (C=O) groups excluding carboxylic acids is 1. The summed E-state index contributed by atoms with van der Waals surface area (Å²) in [6.45, 7) is 6.23. The predicted molar refractivity (Wildman–Crippen MR) is 114 cm³/mol. The summed E-state index contributed by atoms with van der Waals surface area (Å²) in [6, 6.07) is 15.4. The molecule has 0 aliphatic carbocycles. The highest BCUT2D eigenvalue weighted by atomic mass is 16.5. The number of amides is 1. The molecule has 0 aliphatic heterocycles. The first-order valence-electron chi connectivity index (χ1n) is 9.25. The van der Waals surface area contributed by atoms with E-state index in [0.29, 0.717) is 11.5 Å². The second-order valence-electron chi connectivity index (χ2n) is 6.97. The predicted octanol–water partition coefficient (Wildman–Crippen LogP) is 5.52. The molecule has 2 aromatic carbocycles. The van der Waals surface area contributed by atoms with Crippen LogP contribution in [0.2, 0.25) is 0 Å². The van der Waals surface area contributed by atoms with Crippen molar-refractivity contribution in [1.82, 2.24) is 4.98 Å². The van der Waals surface area contributed by atoms with Crippen molar-refractivity contribution in [1.29, 1.82) is 0 Å². The largest absolute Gasteiger partial charge is 0.497 e. The highest BCUT2D eigenvalue weighted by Crippen LogP contribution is 2.28. The number of nitrogens with one attached hydrogen (secondary N) is 2. The number of carbonyl (C=O) groups is 1. The Morgan fingerprint density at radius 3 is 2.57 bits per heavy atom. The average molecular weight is 375 g/mol. The topological polar surface area (TPSA) is 63.2 Å². The van der Waals surface area contributed by atoms with Crippen molar-refractivity contribution in [2.24, 2.45) is 0 Å². The van der Waals surface area contributed by atoms with E-state index in [4.69, 9.17) is 4.74 Å². The van der Waals surface area contributed by atoms with Gasteiger partial charge < -0.3 is 15.4 Å². The lowest BCUT2D eigenvalue weighted by atomic mass is 9.98. The van der Waals surface area contributed by atoms with E-state index in [1.165, 1.54) is 0 Å². The summed E-state index contributed by atoms with van der Waals surface area (Å²) in [5.74, 6) is 0.889. The van der Waals surface area contributed by atoms with Gasteiger partial charge in [-0.1, -0.05) is 38.1 Å². The van der Waals surface area contributed by atoms with Gasteiger partial charge in [0.15, 0.2) is 0 Å². The van der Waals surface area contributed by atoms with Crippen LogP contribution in [0.1, 0.15) is 41.3 Å². The van der Waals surface area contributed by atoms with E-state index >= 15 is 0 Å². The number of nitrogens with zero attached hydrogens (tertiary/aromatic N) is 1. The Kier molecular flexibility index (Phi) is 5.94. The number of aryl methyl sites for hydroxylation is 1. The number of hydrogen-bond donors (Lipinski definition) is 2. The second kappa shape index (κ2) is 8.57. The molecule has 1 amide bonds. The lowest BCUT2D eigenvalue weighted by molar-refractivity contribution is 0.102. The smallest absolute Gasteiger partial charge is 0.257 e. The maximum Gasteiger partial charge on any atom is 0.257 e. The third kappa shape index (κ3) is 4.49. The Bertz CT molecular complexity index is 983. The molecule has 0 aliphatic rings. The van der Waals surface area contributed by atoms with Crippen LogP contribution in [0.15, 0.2) is 60.9 Å². The van der Waals surface area contributed by atoms with E-state index in [2.05, 4.69) is 29.5 Å². The van der Waals surface area contributed by atoms with Gasteiger partial charge in [-0.2, -0.15) is 0 Å². The number of para-hydroxylation sites is 1. The second-order valence-corrected chi connectivity index (χ2v) is 6.97. The Labute approximate surface area is 165 Å². The monoisotopic (exact) mass is 375 g/mol. The third-order valence-corrected chi connectivity index (χ3v) is 4.52. The van der Waals surface area contributed by atoms with Gasteiger partial charge >= 0.3 is 0 Å². The minimum Gasteiger partial charge on any atom is -0.497 e. The van der Waals surface area contributed by atoms with Gasteiger partial charge in [0.2, 0.25) is 0 Å². The number of rotatable bonds is 6. The third-order valence-electron chi connectivity index (χ3n) is 4.52. The van der Waals surface area contributed by atoms with Crippen LogP contribution in [0.3, 0.4) is 0 Å². The SMILES string of the molecule is COc1cccc(Nc2cncc(C(=O)Nc3c(C)cccc3C(C)C)c2)c1. The fourth-order valence-corrected chi connectivity index (χ4v) is 3.03. The van der Waals surface area contributed by atoms with E-state index in [9.17, 15) is 4.79 Å². The molecule has 0 atom stereocenters. The molecular formula is C23H25N3O2. The number of benzene rings is 2. The average Bonchev–Trinajstić information content (AvgIpc) is 2.69. The van der Waals surface area contributed by atoms with Crippen molar-refractivity contribution in [2.45, 2.75) is 26.7 Å². The zero-order valence-electron chi connectivity index (χ0n) is 16.6. The minimum absolute atomic E-state index is 0.182. The van der Waals surface area contributed by atoms with Crippen molar-refractivity contribution < 1.29 is 9.53 Å². The number of ether oxygens (including phenoxy) is 1. The number of aromatic nitrogens is 1. The summed E-state index contributed by atoms with van der Waals surface area (Å²) in [6.07, 6.45) is 3.25. The quantitative estimate of drug-likeness (QED) is 0.596. The van der Waals surface area contributed by atoms with Gasteiger partial charge in [0.25, 0.3) is 5.91 Å². The number of methoxy groups -OCH3 is 1. The minimum atomic E-state index is -0.182. The van der Waals surface area contributed by atoms with Gasteiger partial charge in [-0.05, 0) is 42.2 Å². The van der Waals surface area contributed by atoms with Crippen LogP contribution in [-0.2, 0) is 0 Å². The van der Waals surface area contributed by atoms with Crippen LogP contribution in [0, 0.1) is 6.92 Å². The molecule has 0 saturated heterocycles. The molecule has 5 nitrogen and oxygen atoms in total. The van der Waals surface area contributed by atoms with Crippen molar-refractivity contribution in [3.05, 3.63) is 77.6 Å². The van der Waals surface area contributed by atoms with Crippen molar-refractivity contribution >= 4 is 23.0 Å².